The van der Waals surface area contributed by atoms with Gasteiger partial charge in [0.1, 0.15) is 12.5 Å². The van der Waals surface area contributed by atoms with Crippen LogP contribution >= 0.6 is 8.07 Å². The average Bonchev–Trinajstić information content (AvgIpc) is 2.55. The van der Waals surface area contributed by atoms with Gasteiger partial charge >= 0.3 is 0 Å². The Labute approximate surface area is 125 Å². The largest absolute Gasteiger partial charge is 0.476 e. The highest BCUT2D eigenvalue weighted by Gasteiger charge is 2.28. The number of benzene rings is 3. The molecule has 0 bridgehead atoms. The van der Waals surface area contributed by atoms with E-state index in [-0.39, 0.29) is 0 Å². The predicted octanol–water partition coefficient (Wildman–Crippen LogP) is 3.47. The van der Waals surface area contributed by atoms with Gasteiger partial charge in [0.25, 0.3) is 0 Å². The molecule has 0 aromatic heterocycles. The summed E-state index contributed by atoms with van der Waals surface area (Å²) in [7, 11) is 1.63. The molecule has 3 aromatic carbocycles. The number of hydrogen-bond donors (Lipinski definition) is 0. The molecule has 1 heterocycles. The molecule has 0 radical (unpaired) electrons. The second-order valence-electron chi connectivity index (χ2n) is 5.21. The number of fused-ring (bicyclic) bond motifs is 3. The fraction of sp³-hybridized carbons (Fsp3) is 0.111. The van der Waals surface area contributed by atoms with Crippen LogP contribution in [0.2, 0.25) is 0 Å². The van der Waals surface area contributed by atoms with Crippen LogP contribution in [0.25, 0.3) is 10.8 Å². The zero-order valence-corrected chi connectivity index (χ0v) is 12.8. The quantitative estimate of drug-likeness (QED) is 0.637. The zero-order valence-electron chi connectivity index (χ0n) is 11.9. The van der Waals surface area contributed by atoms with Crippen LogP contribution in [0.5, 0.6) is 5.75 Å². The van der Waals surface area contributed by atoms with E-state index in [4.69, 9.17) is 4.74 Å². The van der Waals surface area contributed by atoms with Gasteiger partial charge in [0, 0.05) is 18.8 Å². The Kier molecular flexibility index (Phi) is 3.14. The van der Waals surface area contributed by atoms with E-state index in [1.165, 1.54) is 21.4 Å². The third-order valence-electron chi connectivity index (χ3n) is 3.82. The SMILES string of the molecule is CN1COc2c(ccc3ccccc23)P1c1ccccc1. The average molecular weight is 293 g/mol. The predicted molar refractivity (Wildman–Crippen MR) is 89.8 cm³/mol. The van der Waals surface area contributed by atoms with Crippen molar-refractivity contribution in [1.29, 1.82) is 0 Å². The fourth-order valence-electron chi connectivity index (χ4n) is 2.86. The van der Waals surface area contributed by atoms with Crippen LogP contribution in [0.1, 0.15) is 0 Å². The minimum Gasteiger partial charge on any atom is -0.476 e. The standard InChI is InChI=1S/C18H16NOP/c1-19-13-20-18-16-10-6-5-7-14(16)11-12-17(18)21(19)15-8-3-2-4-9-15/h2-12H,13H2,1H3. The summed E-state index contributed by atoms with van der Waals surface area (Å²) in [6.45, 7) is 0.640. The summed E-state index contributed by atoms with van der Waals surface area (Å²) >= 11 is 0. The smallest absolute Gasteiger partial charge is 0.145 e. The second kappa shape index (κ2) is 5.14. The Morgan fingerprint density at radius 3 is 2.52 bits per heavy atom. The number of rotatable bonds is 1. The van der Waals surface area contributed by atoms with Crippen LogP contribution in [0.4, 0.5) is 0 Å². The lowest BCUT2D eigenvalue weighted by Crippen LogP contribution is -2.34. The Balaban J connectivity index is 1.94. The van der Waals surface area contributed by atoms with Crippen molar-refractivity contribution in [3.8, 4) is 5.75 Å². The Hall–Kier alpha value is -1.89. The molecule has 0 fully saturated rings. The minimum atomic E-state index is -0.509. The summed E-state index contributed by atoms with van der Waals surface area (Å²) in [5.41, 5.74) is 0. The van der Waals surface area contributed by atoms with Gasteiger partial charge < -0.3 is 4.74 Å². The van der Waals surface area contributed by atoms with Gasteiger partial charge in [-0.15, -0.1) is 0 Å². The van der Waals surface area contributed by atoms with Crippen molar-refractivity contribution in [2.75, 3.05) is 13.8 Å². The topological polar surface area (TPSA) is 12.5 Å². The van der Waals surface area contributed by atoms with E-state index in [1.807, 2.05) is 0 Å². The Bertz CT molecular complexity index is 788. The van der Waals surface area contributed by atoms with Crippen LogP contribution in [0.15, 0.2) is 66.7 Å². The highest BCUT2D eigenvalue weighted by molar-refractivity contribution is 7.71. The molecule has 0 amide bonds. The van der Waals surface area contributed by atoms with Gasteiger partial charge in [0.2, 0.25) is 0 Å². The molecule has 1 atom stereocenters. The molecule has 1 aliphatic rings. The maximum absolute atomic E-state index is 6.04. The van der Waals surface area contributed by atoms with Crippen molar-refractivity contribution in [1.82, 2.24) is 4.67 Å². The minimum absolute atomic E-state index is 0.509. The summed E-state index contributed by atoms with van der Waals surface area (Å²) in [5, 5.41) is 5.13. The third-order valence-corrected chi connectivity index (χ3v) is 6.22. The van der Waals surface area contributed by atoms with E-state index < -0.39 is 8.07 Å². The Morgan fingerprint density at radius 2 is 1.67 bits per heavy atom. The van der Waals surface area contributed by atoms with Gasteiger partial charge in [-0.2, -0.15) is 0 Å². The normalized spacial score (nSPS) is 18.2. The van der Waals surface area contributed by atoms with Crippen molar-refractivity contribution in [3.05, 3.63) is 66.7 Å². The molecule has 0 spiro atoms. The summed E-state index contributed by atoms with van der Waals surface area (Å²) < 4.78 is 8.35. The molecule has 3 aromatic rings. The molecule has 3 heteroatoms. The van der Waals surface area contributed by atoms with E-state index >= 15 is 0 Å². The molecular weight excluding hydrogens is 277 g/mol. The molecule has 21 heavy (non-hydrogen) atoms. The number of hydrogen-bond acceptors (Lipinski definition) is 2. The van der Waals surface area contributed by atoms with Crippen LogP contribution in [-0.4, -0.2) is 18.4 Å². The van der Waals surface area contributed by atoms with Crippen LogP contribution in [-0.2, 0) is 0 Å². The van der Waals surface area contributed by atoms with Crippen molar-refractivity contribution in [2.24, 2.45) is 0 Å². The maximum atomic E-state index is 6.04. The first-order chi connectivity index (χ1) is 10.3. The van der Waals surface area contributed by atoms with Gasteiger partial charge in [-0.3, -0.25) is 0 Å². The van der Waals surface area contributed by atoms with E-state index in [0.717, 1.165) is 5.75 Å². The van der Waals surface area contributed by atoms with Crippen molar-refractivity contribution < 1.29 is 4.74 Å². The lowest BCUT2D eigenvalue weighted by molar-refractivity contribution is 0.227. The van der Waals surface area contributed by atoms with Gasteiger partial charge in [-0.05, 0) is 23.8 Å². The van der Waals surface area contributed by atoms with Gasteiger partial charge in [-0.1, -0.05) is 60.7 Å². The second-order valence-corrected chi connectivity index (χ2v) is 7.52. The van der Waals surface area contributed by atoms with E-state index in [1.54, 1.807) is 0 Å². The Morgan fingerprint density at radius 1 is 0.905 bits per heavy atom. The molecule has 1 unspecified atom stereocenters. The van der Waals surface area contributed by atoms with Gasteiger partial charge in [0.05, 0.1) is 0 Å². The van der Waals surface area contributed by atoms with Crippen LogP contribution in [0, 0.1) is 0 Å². The molecule has 0 saturated carbocycles. The molecule has 104 valence electrons. The maximum Gasteiger partial charge on any atom is 0.145 e. The van der Waals surface area contributed by atoms with Crippen molar-refractivity contribution >= 4 is 29.5 Å². The van der Waals surface area contributed by atoms with E-state index in [0.29, 0.717) is 6.73 Å². The van der Waals surface area contributed by atoms with Crippen molar-refractivity contribution in [2.45, 2.75) is 0 Å². The molecule has 2 nitrogen and oxygen atoms in total. The molecule has 0 saturated heterocycles. The summed E-state index contributed by atoms with van der Waals surface area (Å²) in [5.74, 6) is 1.06. The first kappa shape index (κ1) is 12.8. The number of ether oxygens (including phenoxy) is 1. The highest BCUT2D eigenvalue weighted by Crippen LogP contribution is 2.45. The van der Waals surface area contributed by atoms with Crippen molar-refractivity contribution in [3.63, 3.8) is 0 Å². The summed E-state index contributed by atoms with van der Waals surface area (Å²) in [4.78, 5) is 0. The zero-order chi connectivity index (χ0) is 14.2. The first-order valence-electron chi connectivity index (χ1n) is 7.05. The highest BCUT2D eigenvalue weighted by atomic mass is 31.1. The third kappa shape index (κ3) is 2.12. The van der Waals surface area contributed by atoms with Gasteiger partial charge in [-0.25, -0.2) is 4.67 Å². The molecular formula is C18H16NOP. The summed E-state index contributed by atoms with van der Waals surface area (Å²) in [6.07, 6.45) is 0. The molecule has 0 aliphatic carbocycles. The molecule has 4 rings (SSSR count). The fourth-order valence-corrected chi connectivity index (χ4v) is 5.12. The van der Waals surface area contributed by atoms with Gasteiger partial charge in [0.15, 0.2) is 0 Å². The monoisotopic (exact) mass is 293 g/mol. The number of nitrogens with zero attached hydrogens (tertiary/aromatic N) is 1. The first-order valence-corrected chi connectivity index (χ1v) is 8.35. The lowest BCUT2D eigenvalue weighted by Gasteiger charge is -2.35. The van der Waals surface area contributed by atoms with E-state index in [2.05, 4.69) is 78.4 Å². The van der Waals surface area contributed by atoms with Crippen LogP contribution in [0.3, 0.4) is 0 Å². The molecule has 1 aliphatic heterocycles. The van der Waals surface area contributed by atoms with E-state index in [9.17, 15) is 0 Å². The lowest BCUT2D eigenvalue weighted by atomic mass is 10.1. The summed E-state index contributed by atoms with van der Waals surface area (Å²) in [6, 6.07) is 23.6. The van der Waals surface area contributed by atoms with Crippen LogP contribution < -0.4 is 15.3 Å². The molecule has 0 N–H and O–H groups in total.